The van der Waals surface area contributed by atoms with Gasteiger partial charge in [0.1, 0.15) is 18.0 Å². The molecule has 19 heavy (non-hydrogen) atoms. The molecule has 0 aliphatic rings. The molecular formula is C14H19N5. The van der Waals surface area contributed by atoms with Gasteiger partial charge in [0.05, 0.1) is 0 Å². The number of nitrogens with zero attached hydrogens (tertiary/aromatic N) is 3. The summed E-state index contributed by atoms with van der Waals surface area (Å²) >= 11 is 0. The van der Waals surface area contributed by atoms with Crippen LogP contribution in [0.1, 0.15) is 24.5 Å². The third kappa shape index (κ3) is 3.64. The van der Waals surface area contributed by atoms with E-state index in [-0.39, 0.29) is 0 Å². The Labute approximate surface area is 113 Å². The summed E-state index contributed by atoms with van der Waals surface area (Å²) in [6.07, 6.45) is 6.24. The molecule has 0 bridgehead atoms. The monoisotopic (exact) mass is 257 g/mol. The molecule has 0 spiro atoms. The van der Waals surface area contributed by atoms with Crippen LogP contribution in [0.5, 0.6) is 0 Å². The van der Waals surface area contributed by atoms with Gasteiger partial charge in [-0.1, -0.05) is 6.92 Å². The summed E-state index contributed by atoms with van der Waals surface area (Å²) < 4.78 is 0. The Bertz CT molecular complexity index is 512. The second kappa shape index (κ2) is 6.68. The van der Waals surface area contributed by atoms with Crippen molar-refractivity contribution < 1.29 is 0 Å². The predicted molar refractivity (Wildman–Crippen MR) is 77.1 cm³/mol. The average Bonchev–Trinajstić information content (AvgIpc) is 2.46. The molecule has 2 heterocycles. The van der Waals surface area contributed by atoms with Gasteiger partial charge in [-0.2, -0.15) is 0 Å². The van der Waals surface area contributed by atoms with Gasteiger partial charge in [-0.25, -0.2) is 9.97 Å². The quantitative estimate of drug-likeness (QED) is 0.833. The smallest absolute Gasteiger partial charge is 0.134 e. The maximum atomic E-state index is 4.28. The van der Waals surface area contributed by atoms with Gasteiger partial charge in [0.15, 0.2) is 0 Å². The van der Waals surface area contributed by atoms with Gasteiger partial charge in [-0.05, 0) is 31.0 Å². The van der Waals surface area contributed by atoms with E-state index in [4.69, 9.17) is 0 Å². The summed E-state index contributed by atoms with van der Waals surface area (Å²) in [5, 5.41) is 6.63. The maximum Gasteiger partial charge on any atom is 0.134 e. The maximum absolute atomic E-state index is 4.28. The second-order valence-electron chi connectivity index (χ2n) is 4.33. The van der Waals surface area contributed by atoms with E-state index >= 15 is 0 Å². The van der Waals surface area contributed by atoms with Crippen LogP contribution in [-0.4, -0.2) is 21.5 Å². The third-order valence-corrected chi connectivity index (χ3v) is 2.84. The minimum Gasteiger partial charge on any atom is -0.370 e. The van der Waals surface area contributed by atoms with Crippen LogP contribution in [0.25, 0.3) is 0 Å². The molecule has 5 heteroatoms. The Morgan fingerprint density at radius 3 is 2.42 bits per heavy atom. The van der Waals surface area contributed by atoms with Gasteiger partial charge in [-0.3, -0.25) is 4.98 Å². The van der Waals surface area contributed by atoms with Crippen LogP contribution in [-0.2, 0) is 6.54 Å². The molecule has 5 nitrogen and oxygen atoms in total. The van der Waals surface area contributed by atoms with Crippen molar-refractivity contribution in [2.24, 2.45) is 0 Å². The van der Waals surface area contributed by atoms with Gasteiger partial charge < -0.3 is 10.6 Å². The molecular weight excluding hydrogens is 238 g/mol. The summed E-state index contributed by atoms with van der Waals surface area (Å²) in [6.45, 7) is 5.80. The highest BCUT2D eigenvalue weighted by Crippen LogP contribution is 2.18. The van der Waals surface area contributed by atoms with E-state index in [9.17, 15) is 0 Å². The van der Waals surface area contributed by atoms with Crippen molar-refractivity contribution in [2.75, 3.05) is 17.2 Å². The lowest BCUT2D eigenvalue weighted by Gasteiger charge is -2.12. The van der Waals surface area contributed by atoms with Crippen LogP contribution in [0.15, 0.2) is 30.9 Å². The fraction of sp³-hybridized carbons (Fsp3) is 0.357. The molecule has 2 N–H and O–H groups in total. The van der Waals surface area contributed by atoms with Crippen LogP contribution in [0.3, 0.4) is 0 Å². The van der Waals surface area contributed by atoms with E-state index in [0.29, 0.717) is 0 Å². The number of hydrogen-bond donors (Lipinski definition) is 2. The molecule has 2 rings (SSSR count). The first-order valence-corrected chi connectivity index (χ1v) is 6.49. The number of pyridine rings is 1. The summed E-state index contributed by atoms with van der Waals surface area (Å²) in [6, 6.07) is 3.97. The second-order valence-corrected chi connectivity index (χ2v) is 4.33. The highest BCUT2D eigenvalue weighted by Gasteiger charge is 2.05. The lowest BCUT2D eigenvalue weighted by molar-refractivity contribution is 0.957. The van der Waals surface area contributed by atoms with E-state index in [1.54, 1.807) is 18.7 Å². The lowest BCUT2D eigenvalue weighted by Crippen LogP contribution is -2.08. The van der Waals surface area contributed by atoms with Crippen LogP contribution >= 0.6 is 0 Å². The molecule has 0 atom stereocenters. The molecule has 0 amide bonds. The van der Waals surface area contributed by atoms with E-state index in [1.807, 2.05) is 19.1 Å². The molecule has 0 fully saturated rings. The largest absolute Gasteiger partial charge is 0.370 e. The van der Waals surface area contributed by atoms with Crippen molar-refractivity contribution >= 4 is 11.6 Å². The fourth-order valence-electron chi connectivity index (χ4n) is 1.74. The minimum atomic E-state index is 0.730. The number of aromatic nitrogens is 3. The van der Waals surface area contributed by atoms with Gasteiger partial charge >= 0.3 is 0 Å². The first-order valence-electron chi connectivity index (χ1n) is 6.49. The topological polar surface area (TPSA) is 62.7 Å². The summed E-state index contributed by atoms with van der Waals surface area (Å²) in [4.78, 5) is 12.5. The molecule has 0 aliphatic carbocycles. The van der Waals surface area contributed by atoms with E-state index < -0.39 is 0 Å². The highest BCUT2D eigenvalue weighted by atomic mass is 15.1. The van der Waals surface area contributed by atoms with Crippen LogP contribution in [0, 0.1) is 6.92 Å². The van der Waals surface area contributed by atoms with Crippen LogP contribution in [0.2, 0.25) is 0 Å². The molecule has 0 saturated heterocycles. The van der Waals surface area contributed by atoms with Crippen LogP contribution in [0.4, 0.5) is 11.6 Å². The zero-order valence-corrected chi connectivity index (χ0v) is 11.3. The number of rotatable bonds is 6. The fourth-order valence-corrected chi connectivity index (χ4v) is 1.74. The molecule has 0 unspecified atom stereocenters. The predicted octanol–water partition coefficient (Wildman–Crippen LogP) is 2.61. The SMILES string of the molecule is CCCNc1ncnc(NCc2ccncc2)c1C. The zero-order chi connectivity index (χ0) is 13.5. The Morgan fingerprint density at radius 1 is 1.05 bits per heavy atom. The number of anilines is 2. The molecule has 2 aromatic heterocycles. The Kier molecular flexibility index (Phi) is 4.66. The molecule has 100 valence electrons. The molecule has 0 saturated carbocycles. The third-order valence-electron chi connectivity index (χ3n) is 2.84. The summed E-state index contributed by atoms with van der Waals surface area (Å²) in [5.41, 5.74) is 2.22. The normalized spacial score (nSPS) is 10.2. The average molecular weight is 257 g/mol. The first kappa shape index (κ1) is 13.3. The van der Waals surface area contributed by atoms with Crippen molar-refractivity contribution in [3.8, 4) is 0 Å². The molecule has 2 aromatic rings. The van der Waals surface area contributed by atoms with E-state index in [0.717, 1.165) is 36.7 Å². The van der Waals surface area contributed by atoms with E-state index in [1.165, 1.54) is 5.56 Å². The summed E-state index contributed by atoms with van der Waals surface area (Å²) in [7, 11) is 0. The summed E-state index contributed by atoms with van der Waals surface area (Å²) in [5.74, 6) is 1.76. The first-order chi connectivity index (χ1) is 9.31. The molecule has 0 radical (unpaired) electrons. The highest BCUT2D eigenvalue weighted by molar-refractivity contribution is 5.56. The number of nitrogens with one attached hydrogen (secondary N) is 2. The standard InChI is InChI=1S/C14H19N5/c1-3-6-16-13-11(2)14(19-10-18-13)17-9-12-4-7-15-8-5-12/h4-5,7-8,10H,3,6,9H2,1-2H3,(H2,16,17,18,19). The van der Waals surface area contributed by atoms with Gasteiger partial charge in [0.2, 0.25) is 0 Å². The molecule has 0 aromatic carbocycles. The van der Waals surface area contributed by atoms with Crippen molar-refractivity contribution in [2.45, 2.75) is 26.8 Å². The minimum absolute atomic E-state index is 0.730. The molecule has 0 aliphatic heterocycles. The zero-order valence-electron chi connectivity index (χ0n) is 11.3. The van der Waals surface area contributed by atoms with Crippen molar-refractivity contribution in [1.82, 2.24) is 15.0 Å². The van der Waals surface area contributed by atoms with Crippen molar-refractivity contribution in [3.63, 3.8) is 0 Å². The van der Waals surface area contributed by atoms with Gasteiger partial charge in [0, 0.05) is 31.0 Å². The van der Waals surface area contributed by atoms with Crippen LogP contribution < -0.4 is 10.6 Å². The Hall–Kier alpha value is -2.17. The Morgan fingerprint density at radius 2 is 1.74 bits per heavy atom. The lowest BCUT2D eigenvalue weighted by atomic mass is 10.2. The van der Waals surface area contributed by atoms with Crippen molar-refractivity contribution in [3.05, 3.63) is 42.0 Å². The number of hydrogen-bond acceptors (Lipinski definition) is 5. The van der Waals surface area contributed by atoms with E-state index in [2.05, 4.69) is 32.5 Å². The van der Waals surface area contributed by atoms with Crippen molar-refractivity contribution in [1.29, 1.82) is 0 Å². The Balaban J connectivity index is 2.04. The van der Waals surface area contributed by atoms with Gasteiger partial charge in [-0.15, -0.1) is 0 Å². The van der Waals surface area contributed by atoms with Gasteiger partial charge in [0.25, 0.3) is 0 Å².